The average Bonchev–Trinajstić information content (AvgIpc) is 3.56. The van der Waals surface area contributed by atoms with Crippen LogP contribution in [-0.2, 0) is 0 Å². The van der Waals surface area contributed by atoms with Gasteiger partial charge in [-0.15, -0.1) is 11.3 Å². The van der Waals surface area contributed by atoms with Crippen LogP contribution >= 0.6 is 11.3 Å². The standard InChI is InChI=1S/C48H43NS/c1-34(36-14-6-3-7-15-36)22-23-35(2)49(42-29-31-48-46(33-42)44-20-12-13-21-47(44)50-48)41-27-24-37(25-28-41)40-26-30-43(38-16-8-4-9-17-38)45(32-40)39-18-10-5-11-19-39/h4-5,8-13,16-33,36H,3,6-7,14-15H2,1-2H3/b34-22+,35-23+. The van der Waals surface area contributed by atoms with Crippen molar-refractivity contribution < 1.29 is 0 Å². The smallest absolute Gasteiger partial charge is 0.0465 e. The lowest BCUT2D eigenvalue weighted by Gasteiger charge is -2.27. The lowest BCUT2D eigenvalue weighted by Crippen LogP contribution is -2.14. The molecule has 50 heavy (non-hydrogen) atoms. The van der Waals surface area contributed by atoms with Gasteiger partial charge in [0, 0.05) is 37.2 Å². The van der Waals surface area contributed by atoms with Crippen LogP contribution in [0, 0.1) is 5.92 Å². The first-order chi connectivity index (χ1) is 24.6. The van der Waals surface area contributed by atoms with Crippen molar-refractivity contribution in [3.63, 3.8) is 0 Å². The Morgan fingerprint density at radius 2 is 1.14 bits per heavy atom. The summed E-state index contributed by atoms with van der Waals surface area (Å²) in [5.74, 6) is 0.711. The molecule has 0 atom stereocenters. The van der Waals surface area contributed by atoms with Crippen molar-refractivity contribution in [1.82, 2.24) is 0 Å². The van der Waals surface area contributed by atoms with Gasteiger partial charge in [-0.1, -0.05) is 134 Å². The van der Waals surface area contributed by atoms with Gasteiger partial charge in [-0.05, 0) is 115 Å². The van der Waals surface area contributed by atoms with E-state index in [-0.39, 0.29) is 0 Å². The minimum atomic E-state index is 0.711. The van der Waals surface area contributed by atoms with E-state index in [1.165, 1.54) is 103 Å². The molecule has 1 saturated carbocycles. The number of rotatable bonds is 8. The van der Waals surface area contributed by atoms with Crippen LogP contribution in [0.4, 0.5) is 11.4 Å². The molecular weight excluding hydrogens is 623 g/mol. The summed E-state index contributed by atoms with van der Waals surface area (Å²) in [7, 11) is 0. The van der Waals surface area contributed by atoms with E-state index in [1.807, 2.05) is 11.3 Å². The molecule has 1 fully saturated rings. The van der Waals surface area contributed by atoms with E-state index in [0.29, 0.717) is 5.92 Å². The molecule has 1 aliphatic carbocycles. The summed E-state index contributed by atoms with van der Waals surface area (Å²) < 4.78 is 2.66. The monoisotopic (exact) mass is 665 g/mol. The van der Waals surface area contributed by atoms with Gasteiger partial charge in [0.05, 0.1) is 0 Å². The van der Waals surface area contributed by atoms with Crippen molar-refractivity contribution in [1.29, 1.82) is 0 Å². The first kappa shape index (κ1) is 32.0. The summed E-state index contributed by atoms with van der Waals surface area (Å²) in [4.78, 5) is 2.42. The molecule has 0 radical (unpaired) electrons. The van der Waals surface area contributed by atoms with Gasteiger partial charge in [-0.3, -0.25) is 0 Å². The maximum Gasteiger partial charge on any atom is 0.0465 e. The number of hydrogen-bond acceptors (Lipinski definition) is 2. The van der Waals surface area contributed by atoms with Gasteiger partial charge in [0.25, 0.3) is 0 Å². The third-order valence-corrected chi connectivity index (χ3v) is 11.6. The number of fused-ring (bicyclic) bond motifs is 3. The molecule has 6 aromatic carbocycles. The Bertz CT molecular complexity index is 2300. The number of hydrogen-bond donors (Lipinski definition) is 0. The van der Waals surface area contributed by atoms with E-state index >= 15 is 0 Å². The summed E-state index contributed by atoms with van der Waals surface area (Å²) in [5.41, 5.74) is 12.4. The van der Waals surface area contributed by atoms with Gasteiger partial charge in [0.1, 0.15) is 0 Å². The molecule has 0 saturated heterocycles. The van der Waals surface area contributed by atoms with Gasteiger partial charge in [-0.2, -0.15) is 0 Å². The van der Waals surface area contributed by atoms with E-state index in [4.69, 9.17) is 0 Å². The van der Waals surface area contributed by atoms with Crippen LogP contribution in [0.3, 0.4) is 0 Å². The van der Waals surface area contributed by atoms with Gasteiger partial charge < -0.3 is 4.90 Å². The highest BCUT2D eigenvalue weighted by molar-refractivity contribution is 7.25. The first-order valence-electron chi connectivity index (χ1n) is 18.0. The fraction of sp³-hybridized carbons (Fsp3) is 0.167. The summed E-state index contributed by atoms with van der Waals surface area (Å²) >= 11 is 1.87. The van der Waals surface area contributed by atoms with Crippen LogP contribution in [0.1, 0.15) is 46.0 Å². The number of anilines is 2. The van der Waals surface area contributed by atoms with Crippen molar-refractivity contribution in [2.45, 2.75) is 46.0 Å². The third-order valence-electron chi connectivity index (χ3n) is 10.5. The predicted molar refractivity (Wildman–Crippen MR) is 218 cm³/mol. The molecule has 0 unspecified atom stereocenters. The Balaban J connectivity index is 1.19. The SMILES string of the molecule is C/C(=C\C=C(/C)N(c1ccc(-c2ccc(-c3ccccc3)c(-c3ccccc3)c2)cc1)c1ccc2sc3ccccc3c2c1)C1CCCCC1. The first-order valence-corrected chi connectivity index (χ1v) is 18.9. The van der Waals surface area contributed by atoms with Crippen molar-refractivity contribution in [2.24, 2.45) is 5.92 Å². The number of allylic oxidation sites excluding steroid dienone is 4. The van der Waals surface area contributed by atoms with Crippen molar-refractivity contribution >= 4 is 42.9 Å². The molecule has 0 amide bonds. The minimum absolute atomic E-state index is 0.711. The second-order valence-corrected chi connectivity index (χ2v) is 14.8. The molecule has 0 N–H and O–H groups in total. The maximum atomic E-state index is 2.42. The van der Waals surface area contributed by atoms with Gasteiger partial charge in [0.2, 0.25) is 0 Å². The van der Waals surface area contributed by atoms with E-state index in [0.717, 1.165) is 5.69 Å². The summed E-state index contributed by atoms with van der Waals surface area (Å²) in [6, 6.07) is 53.2. The summed E-state index contributed by atoms with van der Waals surface area (Å²) in [6.07, 6.45) is 11.4. The highest BCUT2D eigenvalue weighted by atomic mass is 32.1. The normalized spacial score (nSPS) is 14.4. The number of benzene rings is 6. The molecular formula is C48H43NS. The lowest BCUT2D eigenvalue weighted by molar-refractivity contribution is 0.403. The fourth-order valence-electron chi connectivity index (χ4n) is 7.68. The summed E-state index contributed by atoms with van der Waals surface area (Å²) in [6.45, 7) is 4.58. The summed E-state index contributed by atoms with van der Waals surface area (Å²) in [5, 5.41) is 2.64. The van der Waals surface area contributed by atoms with Crippen LogP contribution in [-0.4, -0.2) is 0 Å². The molecule has 0 spiro atoms. The second kappa shape index (κ2) is 14.4. The molecule has 1 heterocycles. The number of thiophene rings is 1. The van der Waals surface area contributed by atoms with Crippen LogP contribution in [0.5, 0.6) is 0 Å². The fourth-order valence-corrected chi connectivity index (χ4v) is 8.77. The topological polar surface area (TPSA) is 3.24 Å². The zero-order valence-electron chi connectivity index (χ0n) is 29.0. The molecule has 8 rings (SSSR count). The van der Waals surface area contributed by atoms with Crippen LogP contribution in [0.15, 0.2) is 169 Å². The van der Waals surface area contributed by atoms with Crippen LogP contribution in [0.2, 0.25) is 0 Å². The highest BCUT2D eigenvalue weighted by Crippen LogP contribution is 2.40. The molecule has 1 nitrogen and oxygen atoms in total. The van der Waals surface area contributed by atoms with E-state index in [2.05, 4.69) is 176 Å². The average molecular weight is 666 g/mol. The molecule has 0 aliphatic heterocycles. The number of nitrogens with zero attached hydrogens (tertiary/aromatic N) is 1. The van der Waals surface area contributed by atoms with Crippen molar-refractivity contribution in [3.05, 3.63) is 169 Å². The third kappa shape index (κ3) is 6.56. The maximum absolute atomic E-state index is 2.42. The van der Waals surface area contributed by atoms with Gasteiger partial charge >= 0.3 is 0 Å². The largest absolute Gasteiger partial charge is 0.314 e. The molecule has 246 valence electrons. The molecule has 2 heteroatoms. The molecule has 0 bridgehead atoms. The van der Waals surface area contributed by atoms with Crippen LogP contribution in [0.25, 0.3) is 53.6 Å². The predicted octanol–water partition coefficient (Wildman–Crippen LogP) is 14.6. The Hall–Kier alpha value is -5.18. The minimum Gasteiger partial charge on any atom is -0.314 e. The Morgan fingerprint density at radius 1 is 0.520 bits per heavy atom. The van der Waals surface area contributed by atoms with E-state index < -0.39 is 0 Å². The lowest BCUT2D eigenvalue weighted by atomic mass is 9.84. The van der Waals surface area contributed by atoms with E-state index in [9.17, 15) is 0 Å². The van der Waals surface area contributed by atoms with Crippen molar-refractivity contribution in [2.75, 3.05) is 4.90 Å². The Kier molecular flexibility index (Phi) is 9.20. The van der Waals surface area contributed by atoms with E-state index in [1.54, 1.807) is 0 Å². The van der Waals surface area contributed by atoms with Gasteiger partial charge in [-0.25, -0.2) is 0 Å². The van der Waals surface area contributed by atoms with Gasteiger partial charge in [0.15, 0.2) is 0 Å². The second-order valence-electron chi connectivity index (χ2n) is 13.7. The molecule has 1 aromatic heterocycles. The quantitative estimate of drug-likeness (QED) is 0.146. The highest BCUT2D eigenvalue weighted by Gasteiger charge is 2.17. The van der Waals surface area contributed by atoms with Crippen molar-refractivity contribution in [3.8, 4) is 33.4 Å². The molecule has 1 aliphatic rings. The Morgan fingerprint density at radius 3 is 1.88 bits per heavy atom. The van der Waals surface area contributed by atoms with Crippen LogP contribution < -0.4 is 4.90 Å². The Labute approximate surface area is 300 Å². The zero-order valence-corrected chi connectivity index (χ0v) is 29.8. The zero-order chi connectivity index (χ0) is 33.9. The molecule has 7 aromatic rings.